The molecule has 0 bridgehead atoms. The molecule has 0 atom stereocenters. The van der Waals surface area contributed by atoms with Crippen molar-refractivity contribution < 1.29 is 14.6 Å². The highest BCUT2D eigenvalue weighted by Crippen LogP contribution is 2.18. The number of carbonyl (C=O) groups is 1. The third kappa shape index (κ3) is 8.09. The van der Waals surface area contributed by atoms with Crippen molar-refractivity contribution >= 4 is 5.97 Å². The van der Waals surface area contributed by atoms with Crippen molar-refractivity contribution in [3.8, 4) is 17.6 Å². The number of carboxylic acids is 1. The number of hydrogen-bond donors (Lipinski definition) is 2. The SMILES string of the molecule is CN1CC(C#Cc2ccc(CNCc3ccccc3OCCCCCC(=O)O)cc2)C1. The molecule has 164 valence electrons. The maximum absolute atomic E-state index is 10.5. The van der Waals surface area contributed by atoms with Gasteiger partial charge in [-0.3, -0.25) is 4.79 Å². The molecule has 3 rings (SSSR count). The molecule has 5 nitrogen and oxygen atoms in total. The summed E-state index contributed by atoms with van der Waals surface area (Å²) in [6.45, 7) is 4.27. The quantitative estimate of drug-likeness (QED) is 0.426. The van der Waals surface area contributed by atoms with Gasteiger partial charge in [-0.05, 0) is 50.1 Å². The van der Waals surface area contributed by atoms with Crippen LogP contribution in [0.4, 0.5) is 0 Å². The minimum absolute atomic E-state index is 0.228. The van der Waals surface area contributed by atoms with E-state index in [1.54, 1.807) is 0 Å². The fourth-order valence-corrected chi connectivity index (χ4v) is 3.55. The number of carboxylic acid groups (broad SMARTS) is 1. The van der Waals surface area contributed by atoms with E-state index in [0.717, 1.165) is 55.9 Å². The van der Waals surface area contributed by atoms with Crippen LogP contribution in [-0.4, -0.2) is 42.7 Å². The number of nitrogens with zero attached hydrogens (tertiary/aromatic N) is 1. The minimum atomic E-state index is -0.735. The molecule has 0 radical (unpaired) electrons. The topological polar surface area (TPSA) is 61.8 Å². The number of unbranched alkanes of at least 4 members (excludes halogenated alkanes) is 2. The summed E-state index contributed by atoms with van der Waals surface area (Å²) in [5, 5.41) is 12.2. The van der Waals surface area contributed by atoms with Gasteiger partial charge in [0.2, 0.25) is 0 Å². The molecule has 1 saturated heterocycles. The van der Waals surface area contributed by atoms with E-state index in [-0.39, 0.29) is 6.42 Å². The van der Waals surface area contributed by atoms with Crippen molar-refractivity contribution in [1.82, 2.24) is 10.2 Å². The van der Waals surface area contributed by atoms with Gasteiger partial charge in [0.05, 0.1) is 6.61 Å². The zero-order valence-corrected chi connectivity index (χ0v) is 18.3. The van der Waals surface area contributed by atoms with E-state index in [9.17, 15) is 4.79 Å². The number of rotatable bonds is 11. The standard InChI is InChI=1S/C26H32N2O3/c1-28-19-23(20-28)15-12-21-10-13-22(14-11-21)17-27-18-24-7-4-5-8-25(24)31-16-6-2-3-9-26(29)30/h4-5,7-8,10-11,13-14,23,27H,2-3,6,9,16-20H2,1H3,(H,29,30). The van der Waals surface area contributed by atoms with Crippen molar-refractivity contribution in [2.45, 2.75) is 38.8 Å². The van der Waals surface area contributed by atoms with Crippen LogP contribution in [-0.2, 0) is 17.9 Å². The average Bonchev–Trinajstić information content (AvgIpc) is 2.74. The lowest BCUT2D eigenvalue weighted by Gasteiger charge is -2.32. The summed E-state index contributed by atoms with van der Waals surface area (Å²) in [6, 6.07) is 16.5. The highest BCUT2D eigenvalue weighted by molar-refractivity contribution is 5.66. The summed E-state index contributed by atoms with van der Waals surface area (Å²) >= 11 is 0. The Hall–Kier alpha value is -2.81. The predicted octanol–water partition coefficient (Wildman–Crippen LogP) is 3.91. The molecule has 2 aromatic carbocycles. The largest absolute Gasteiger partial charge is 0.493 e. The molecule has 2 aromatic rings. The van der Waals surface area contributed by atoms with Crippen LogP contribution >= 0.6 is 0 Å². The van der Waals surface area contributed by atoms with E-state index in [1.807, 2.05) is 18.2 Å². The fourth-order valence-electron chi connectivity index (χ4n) is 3.55. The average molecular weight is 421 g/mol. The van der Waals surface area contributed by atoms with Gasteiger partial charge >= 0.3 is 5.97 Å². The molecule has 0 saturated carbocycles. The van der Waals surface area contributed by atoms with Crippen LogP contribution in [0.25, 0.3) is 0 Å². The highest BCUT2D eigenvalue weighted by Gasteiger charge is 2.20. The number of nitrogens with one attached hydrogen (secondary N) is 1. The number of para-hydroxylation sites is 1. The summed E-state index contributed by atoms with van der Waals surface area (Å²) < 4.78 is 5.92. The van der Waals surface area contributed by atoms with E-state index in [4.69, 9.17) is 9.84 Å². The zero-order chi connectivity index (χ0) is 21.9. The smallest absolute Gasteiger partial charge is 0.303 e. The molecule has 1 fully saturated rings. The maximum Gasteiger partial charge on any atom is 0.303 e. The minimum Gasteiger partial charge on any atom is -0.493 e. The van der Waals surface area contributed by atoms with Crippen LogP contribution in [0.5, 0.6) is 5.75 Å². The van der Waals surface area contributed by atoms with Crippen LogP contribution in [0, 0.1) is 17.8 Å². The Balaban J connectivity index is 1.39. The summed E-state index contributed by atoms with van der Waals surface area (Å²) in [5.41, 5.74) is 3.42. The second-order valence-electron chi connectivity index (χ2n) is 8.15. The van der Waals surface area contributed by atoms with Crippen molar-refractivity contribution in [3.63, 3.8) is 0 Å². The zero-order valence-electron chi connectivity index (χ0n) is 18.3. The van der Waals surface area contributed by atoms with Gasteiger partial charge in [0.15, 0.2) is 0 Å². The first-order valence-corrected chi connectivity index (χ1v) is 11.0. The monoisotopic (exact) mass is 420 g/mol. The molecule has 5 heteroatoms. The van der Waals surface area contributed by atoms with E-state index < -0.39 is 5.97 Å². The summed E-state index contributed by atoms with van der Waals surface area (Å²) in [5.74, 6) is 7.29. The lowest BCUT2D eigenvalue weighted by atomic mass is 10.0. The van der Waals surface area contributed by atoms with Crippen LogP contribution < -0.4 is 10.1 Å². The highest BCUT2D eigenvalue weighted by atomic mass is 16.5. The Morgan fingerprint density at radius 1 is 1.10 bits per heavy atom. The Morgan fingerprint density at radius 2 is 1.87 bits per heavy atom. The van der Waals surface area contributed by atoms with Gasteiger partial charge in [0.1, 0.15) is 5.75 Å². The molecule has 1 heterocycles. The molecule has 0 aromatic heterocycles. The first-order valence-electron chi connectivity index (χ1n) is 11.0. The molecule has 1 aliphatic rings. The first kappa shape index (κ1) is 22.9. The Labute approximate surface area is 185 Å². The van der Waals surface area contributed by atoms with Crippen molar-refractivity contribution in [2.75, 3.05) is 26.7 Å². The van der Waals surface area contributed by atoms with E-state index >= 15 is 0 Å². The lowest BCUT2D eigenvalue weighted by Crippen LogP contribution is -2.42. The summed E-state index contributed by atoms with van der Waals surface area (Å²) in [7, 11) is 2.12. The third-order valence-electron chi connectivity index (χ3n) is 5.35. The van der Waals surface area contributed by atoms with E-state index in [0.29, 0.717) is 18.9 Å². The summed E-state index contributed by atoms with van der Waals surface area (Å²) in [6.07, 6.45) is 2.66. The molecule has 2 N–H and O–H groups in total. The van der Waals surface area contributed by atoms with E-state index in [1.165, 1.54) is 5.56 Å². The molecular formula is C26H32N2O3. The maximum atomic E-state index is 10.5. The molecular weight excluding hydrogens is 388 g/mol. The molecule has 0 unspecified atom stereocenters. The van der Waals surface area contributed by atoms with Crippen LogP contribution in [0.1, 0.15) is 42.4 Å². The van der Waals surface area contributed by atoms with Gasteiger partial charge in [-0.2, -0.15) is 0 Å². The van der Waals surface area contributed by atoms with Gasteiger partial charge in [0.25, 0.3) is 0 Å². The second kappa shape index (κ2) is 12.1. The number of aliphatic carboxylic acids is 1. The number of ether oxygens (including phenoxy) is 1. The van der Waals surface area contributed by atoms with Crippen molar-refractivity contribution in [1.29, 1.82) is 0 Å². The Kier molecular flexibility index (Phi) is 8.96. The number of benzene rings is 2. The Bertz CT molecular complexity index is 893. The lowest BCUT2D eigenvalue weighted by molar-refractivity contribution is -0.137. The molecule has 0 amide bonds. The van der Waals surface area contributed by atoms with Gasteiger partial charge in [0, 0.05) is 49.6 Å². The van der Waals surface area contributed by atoms with Crippen LogP contribution in [0.3, 0.4) is 0 Å². The van der Waals surface area contributed by atoms with Gasteiger partial charge in [-0.1, -0.05) is 42.2 Å². The number of hydrogen-bond acceptors (Lipinski definition) is 4. The van der Waals surface area contributed by atoms with Crippen molar-refractivity contribution in [2.24, 2.45) is 5.92 Å². The molecule has 0 aliphatic carbocycles. The third-order valence-corrected chi connectivity index (χ3v) is 5.35. The van der Waals surface area contributed by atoms with Gasteiger partial charge in [-0.15, -0.1) is 0 Å². The van der Waals surface area contributed by atoms with Crippen LogP contribution in [0.2, 0.25) is 0 Å². The summed E-state index contributed by atoms with van der Waals surface area (Å²) in [4.78, 5) is 12.8. The van der Waals surface area contributed by atoms with Gasteiger partial charge in [-0.25, -0.2) is 0 Å². The fraction of sp³-hybridized carbons (Fsp3) is 0.423. The Morgan fingerprint density at radius 3 is 2.61 bits per heavy atom. The normalized spacial score (nSPS) is 13.8. The first-order chi connectivity index (χ1) is 15.1. The molecule has 1 aliphatic heterocycles. The molecule has 0 spiro atoms. The predicted molar refractivity (Wildman–Crippen MR) is 123 cm³/mol. The van der Waals surface area contributed by atoms with Crippen molar-refractivity contribution in [3.05, 3.63) is 65.2 Å². The van der Waals surface area contributed by atoms with Gasteiger partial charge < -0.3 is 20.1 Å². The second-order valence-corrected chi connectivity index (χ2v) is 8.15. The van der Waals surface area contributed by atoms with E-state index in [2.05, 4.69) is 59.4 Å². The number of likely N-dealkylation sites (tertiary alicyclic amines) is 1. The van der Waals surface area contributed by atoms with Crippen LogP contribution in [0.15, 0.2) is 48.5 Å². The molecule has 31 heavy (non-hydrogen) atoms.